The Balaban J connectivity index is 1.54. The molecule has 0 fully saturated rings. The fraction of sp³-hybridized carbons (Fsp3) is 0.121. The number of nitrogens with zero attached hydrogens (tertiary/aromatic N) is 1. The number of ether oxygens (including phenoxy) is 1. The van der Waals surface area contributed by atoms with Gasteiger partial charge in [0.05, 0.1) is 34.0 Å². The minimum absolute atomic E-state index is 0.00371. The maximum atomic E-state index is 12.5. The Morgan fingerprint density at radius 3 is 2.57 bits per heavy atom. The molecule has 1 aliphatic heterocycles. The third kappa shape index (κ3) is 4.86. The first-order valence-electron chi connectivity index (χ1n) is 13.3. The Morgan fingerprint density at radius 1 is 1.05 bits per heavy atom. The van der Waals surface area contributed by atoms with Gasteiger partial charge in [0.1, 0.15) is 22.8 Å². The molecule has 1 aromatic heterocycles. The van der Waals surface area contributed by atoms with E-state index < -0.39 is 11.4 Å². The lowest BCUT2D eigenvalue weighted by atomic mass is 9.92. The number of phenolic OH excluding ortho intramolecular Hbond substituents is 1. The Kier molecular flexibility index (Phi) is 6.92. The van der Waals surface area contributed by atoms with Crippen LogP contribution in [-0.2, 0) is 6.54 Å². The molecule has 2 aliphatic rings. The van der Waals surface area contributed by atoms with Gasteiger partial charge in [-0.1, -0.05) is 29.8 Å². The van der Waals surface area contributed by atoms with Crippen LogP contribution in [0.1, 0.15) is 28.5 Å². The first-order valence-corrected chi connectivity index (χ1v) is 13.6. The number of aromatic carboxylic acids is 1. The summed E-state index contributed by atoms with van der Waals surface area (Å²) in [6, 6.07) is 20.3. The number of rotatable bonds is 7. The van der Waals surface area contributed by atoms with Gasteiger partial charge < -0.3 is 24.7 Å². The van der Waals surface area contributed by atoms with E-state index in [2.05, 4.69) is 5.32 Å². The number of carboxylic acids is 1. The van der Waals surface area contributed by atoms with Crippen LogP contribution < -0.4 is 15.5 Å². The van der Waals surface area contributed by atoms with Gasteiger partial charge in [0.25, 0.3) is 0 Å². The number of carbonyl (C=O) groups is 1. The zero-order valence-corrected chi connectivity index (χ0v) is 23.5. The molecule has 0 saturated heterocycles. The van der Waals surface area contributed by atoms with Crippen molar-refractivity contribution in [1.82, 2.24) is 4.98 Å². The molecule has 2 heterocycles. The van der Waals surface area contributed by atoms with Crippen molar-refractivity contribution < 1.29 is 24.2 Å². The highest BCUT2D eigenvalue weighted by Gasteiger charge is 2.22. The van der Waals surface area contributed by atoms with Crippen molar-refractivity contribution in [3.05, 3.63) is 105 Å². The van der Waals surface area contributed by atoms with Crippen LogP contribution in [0.3, 0.4) is 0 Å². The van der Waals surface area contributed by atoms with Crippen molar-refractivity contribution in [2.24, 2.45) is 0 Å². The third-order valence-corrected chi connectivity index (χ3v) is 7.41. The van der Waals surface area contributed by atoms with Crippen LogP contribution in [0.5, 0.6) is 11.5 Å². The molecule has 0 bridgehead atoms. The maximum absolute atomic E-state index is 12.5. The number of benzene rings is 4. The number of aromatic nitrogens is 1. The van der Waals surface area contributed by atoms with Gasteiger partial charge in [-0.3, -0.25) is 9.78 Å². The van der Waals surface area contributed by atoms with Crippen LogP contribution in [0.25, 0.3) is 44.3 Å². The highest BCUT2D eigenvalue weighted by atomic mass is 35.5. The monoisotopic (exact) mass is 580 g/mol. The molecule has 0 saturated carbocycles. The van der Waals surface area contributed by atoms with Gasteiger partial charge in [0.15, 0.2) is 0 Å². The Labute approximate surface area is 245 Å². The van der Waals surface area contributed by atoms with Crippen LogP contribution in [0.4, 0.5) is 5.69 Å². The van der Waals surface area contributed by atoms with Crippen molar-refractivity contribution in [3.63, 3.8) is 0 Å². The predicted molar refractivity (Wildman–Crippen MR) is 163 cm³/mol. The number of pyridine rings is 1. The average Bonchev–Trinajstić information content (AvgIpc) is 2.97. The number of carboxylic acid groups (broad SMARTS) is 1. The fourth-order valence-electron chi connectivity index (χ4n) is 5.14. The van der Waals surface area contributed by atoms with E-state index in [0.717, 1.165) is 22.3 Å². The van der Waals surface area contributed by atoms with E-state index in [4.69, 9.17) is 25.7 Å². The Hall–Kier alpha value is -5.08. The van der Waals surface area contributed by atoms with Gasteiger partial charge in [-0.25, -0.2) is 4.79 Å². The second-order valence-electron chi connectivity index (χ2n) is 9.86. The molecule has 9 heteroatoms. The second kappa shape index (κ2) is 10.7. The predicted octanol–water partition coefficient (Wildman–Crippen LogP) is 7.49. The number of anilines is 1. The number of hydrogen-bond donors (Lipinski definition) is 3. The molecule has 0 spiro atoms. The van der Waals surface area contributed by atoms with Gasteiger partial charge in [0.2, 0.25) is 5.43 Å². The molecule has 0 atom stereocenters. The molecule has 0 unspecified atom stereocenters. The summed E-state index contributed by atoms with van der Waals surface area (Å²) in [5.41, 5.74) is 4.85. The highest BCUT2D eigenvalue weighted by molar-refractivity contribution is 6.31. The summed E-state index contributed by atoms with van der Waals surface area (Å²) in [6.45, 7) is 4.50. The summed E-state index contributed by atoms with van der Waals surface area (Å²) < 4.78 is 12.1. The lowest BCUT2D eigenvalue weighted by Gasteiger charge is -2.19. The molecular formula is C33H25ClN2O6. The van der Waals surface area contributed by atoms with Crippen molar-refractivity contribution in [3.8, 4) is 33.9 Å². The van der Waals surface area contributed by atoms with E-state index in [9.17, 15) is 19.8 Å². The van der Waals surface area contributed by atoms with E-state index >= 15 is 0 Å². The van der Waals surface area contributed by atoms with Gasteiger partial charge in [-0.15, -0.1) is 0 Å². The van der Waals surface area contributed by atoms with Crippen molar-refractivity contribution in [2.75, 3.05) is 11.9 Å². The van der Waals surface area contributed by atoms with E-state index in [1.165, 1.54) is 18.2 Å². The number of phenols is 1. The van der Waals surface area contributed by atoms with Crippen LogP contribution >= 0.6 is 11.6 Å². The minimum atomic E-state index is -1.04. The number of nitrogens with one attached hydrogen (secondary N) is 1. The van der Waals surface area contributed by atoms with Crippen LogP contribution in [0, 0.1) is 6.92 Å². The van der Waals surface area contributed by atoms with Gasteiger partial charge in [-0.2, -0.15) is 0 Å². The molecule has 3 N–H and O–H groups in total. The van der Waals surface area contributed by atoms with E-state index in [1.807, 2.05) is 38.1 Å². The summed E-state index contributed by atoms with van der Waals surface area (Å²) in [5.74, 6) is -0.0803. The quantitative estimate of drug-likeness (QED) is 0.166. The van der Waals surface area contributed by atoms with Crippen LogP contribution in [0.15, 0.2) is 82.0 Å². The van der Waals surface area contributed by atoms with Gasteiger partial charge in [-0.05, 0) is 61.9 Å². The molecule has 0 radical (unpaired) electrons. The summed E-state index contributed by atoms with van der Waals surface area (Å²) in [4.78, 5) is 28.7. The van der Waals surface area contributed by atoms with Gasteiger partial charge >= 0.3 is 5.97 Å². The number of aromatic hydroxyl groups is 1. The number of hydrogen-bond acceptors (Lipinski definition) is 7. The van der Waals surface area contributed by atoms with Crippen molar-refractivity contribution in [2.45, 2.75) is 20.4 Å². The van der Waals surface area contributed by atoms with E-state index in [1.54, 1.807) is 30.3 Å². The summed E-state index contributed by atoms with van der Waals surface area (Å²) in [7, 11) is 0. The smallest absolute Gasteiger partial charge is 0.335 e. The largest absolute Gasteiger partial charge is 0.507 e. The highest BCUT2D eigenvalue weighted by Crippen LogP contribution is 2.43. The maximum Gasteiger partial charge on any atom is 0.335 e. The lowest BCUT2D eigenvalue weighted by Crippen LogP contribution is -2.05. The van der Waals surface area contributed by atoms with Crippen LogP contribution in [-0.4, -0.2) is 27.8 Å². The SMILES string of the molecule is CCOc1cc(NCc2c(O)ccc3c(-c4ccc(C(=O)O)cc4)c4cc(Cl)c(=O)cc-4oc23)c2nc(C)ccc2c1. The molecule has 42 heavy (non-hydrogen) atoms. The first-order chi connectivity index (χ1) is 20.2. The minimum Gasteiger partial charge on any atom is -0.507 e. The van der Waals surface area contributed by atoms with E-state index in [0.29, 0.717) is 45.6 Å². The summed E-state index contributed by atoms with van der Waals surface area (Å²) >= 11 is 6.24. The Morgan fingerprint density at radius 2 is 1.83 bits per heavy atom. The molecule has 1 aliphatic carbocycles. The fourth-order valence-corrected chi connectivity index (χ4v) is 5.30. The zero-order valence-electron chi connectivity index (χ0n) is 22.7. The van der Waals surface area contributed by atoms with E-state index in [-0.39, 0.29) is 28.6 Å². The molecule has 6 rings (SSSR count). The molecule has 0 amide bonds. The molecular weight excluding hydrogens is 556 g/mol. The Bertz CT molecular complexity index is 2030. The van der Waals surface area contributed by atoms with Crippen LogP contribution in [0.2, 0.25) is 5.02 Å². The lowest BCUT2D eigenvalue weighted by molar-refractivity contribution is 0.0697. The normalized spacial score (nSPS) is 11.3. The van der Waals surface area contributed by atoms with Gasteiger partial charge in [0, 0.05) is 46.3 Å². The van der Waals surface area contributed by atoms with Crippen molar-refractivity contribution >= 4 is 45.1 Å². The first kappa shape index (κ1) is 27.1. The number of fused-ring (bicyclic) bond motifs is 3. The summed E-state index contributed by atoms with van der Waals surface area (Å²) in [5, 5.41) is 25.4. The molecule has 3 aromatic carbocycles. The molecule has 4 aromatic rings. The molecule has 8 nitrogen and oxygen atoms in total. The standard InChI is InChI=1S/C33H25ClN2O6/c1-3-41-21-12-20-5-4-17(2)36-31(20)26(13-21)35-16-24-27(37)11-10-22-30(18-6-8-19(9-7-18)33(39)40)23-14-25(34)28(38)15-29(23)42-32(22)24/h4-15,35,37H,3,16H2,1-2H3,(H,39,40). The second-order valence-corrected chi connectivity index (χ2v) is 10.3. The number of aryl methyl sites for hydroxylation is 1. The zero-order chi connectivity index (χ0) is 29.5. The summed E-state index contributed by atoms with van der Waals surface area (Å²) in [6.07, 6.45) is 0. The average molecular weight is 581 g/mol. The number of halogens is 1. The topological polar surface area (TPSA) is 122 Å². The molecule has 210 valence electrons. The third-order valence-electron chi connectivity index (χ3n) is 7.11. The van der Waals surface area contributed by atoms with Crippen molar-refractivity contribution in [1.29, 1.82) is 0 Å².